The lowest BCUT2D eigenvalue weighted by molar-refractivity contribution is 0.0897. The van der Waals surface area contributed by atoms with Crippen LogP contribution < -0.4 is 10.6 Å². The summed E-state index contributed by atoms with van der Waals surface area (Å²) >= 11 is 6.07. The van der Waals surface area contributed by atoms with Crippen molar-refractivity contribution in [3.05, 3.63) is 34.3 Å². The highest BCUT2D eigenvalue weighted by Crippen LogP contribution is 2.19. The van der Waals surface area contributed by atoms with E-state index in [2.05, 4.69) is 24.5 Å². The van der Waals surface area contributed by atoms with Crippen molar-refractivity contribution >= 4 is 17.5 Å². The van der Waals surface area contributed by atoms with Crippen molar-refractivity contribution in [1.82, 2.24) is 10.6 Å². The summed E-state index contributed by atoms with van der Waals surface area (Å²) in [4.78, 5) is 12.3. The molecule has 1 aliphatic rings. The fourth-order valence-corrected chi connectivity index (χ4v) is 2.75. The molecule has 1 saturated heterocycles. The number of piperidine rings is 1. The fraction of sp³-hybridized carbons (Fsp3) is 0.533. The second-order valence-corrected chi connectivity index (χ2v) is 5.88. The monoisotopic (exact) mass is 280 g/mol. The van der Waals surface area contributed by atoms with Gasteiger partial charge in [-0.05, 0) is 50.4 Å². The lowest BCUT2D eigenvalue weighted by Gasteiger charge is -2.36. The van der Waals surface area contributed by atoms with Crippen LogP contribution in [0.1, 0.15) is 36.2 Å². The molecule has 3 unspecified atom stereocenters. The van der Waals surface area contributed by atoms with Gasteiger partial charge in [0.25, 0.3) is 5.91 Å². The maximum atomic E-state index is 12.3. The Balaban J connectivity index is 2.09. The molecule has 1 aromatic rings. The molecule has 1 aromatic carbocycles. The Labute approximate surface area is 119 Å². The summed E-state index contributed by atoms with van der Waals surface area (Å²) < 4.78 is 0. The van der Waals surface area contributed by atoms with Gasteiger partial charge < -0.3 is 10.6 Å². The molecule has 2 N–H and O–H groups in total. The molecular formula is C15H21ClN2O. The van der Waals surface area contributed by atoms with Crippen molar-refractivity contribution in [2.45, 2.75) is 39.3 Å². The van der Waals surface area contributed by atoms with Gasteiger partial charge in [-0.3, -0.25) is 4.79 Å². The van der Waals surface area contributed by atoms with E-state index in [0.29, 0.717) is 22.5 Å². The molecule has 0 bridgehead atoms. The molecular weight excluding hydrogens is 260 g/mol. The molecule has 4 heteroatoms. The number of benzene rings is 1. The Morgan fingerprint density at radius 2 is 2.16 bits per heavy atom. The molecule has 3 nitrogen and oxygen atoms in total. The first-order valence-corrected chi connectivity index (χ1v) is 7.17. The second-order valence-electron chi connectivity index (χ2n) is 5.47. The van der Waals surface area contributed by atoms with Crippen molar-refractivity contribution in [3.63, 3.8) is 0 Å². The minimum Gasteiger partial charge on any atom is -0.347 e. The number of nitrogens with one attached hydrogen (secondary N) is 2. The molecule has 1 heterocycles. The van der Waals surface area contributed by atoms with E-state index in [9.17, 15) is 4.79 Å². The summed E-state index contributed by atoms with van der Waals surface area (Å²) in [6.07, 6.45) is 1.09. The maximum absolute atomic E-state index is 12.3. The zero-order valence-corrected chi connectivity index (χ0v) is 12.4. The average Bonchev–Trinajstić information content (AvgIpc) is 2.37. The Kier molecular flexibility index (Phi) is 4.48. The third-order valence-corrected chi connectivity index (χ3v) is 4.36. The lowest BCUT2D eigenvalue weighted by atomic mass is 9.89. The van der Waals surface area contributed by atoms with E-state index in [1.807, 2.05) is 19.1 Å². The van der Waals surface area contributed by atoms with E-state index in [4.69, 9.17) is 11.6 Å². The standard InChI is InChI=1S/C15H21ClN2O/c1-9-4-5-12(8-13(9)16)15(19)18-14-10(2)6-7-17-11(14)3/h4-5,8,10-11,14,17H,6-7H2,1-3H3,(H,18,19). The Morgan fingerprint density at radius 1 is 1.42 bits per heavy atom. The number of carbonyl (C=O) groups excluding carboxylic acids is 1. The first kappa shape index (κ1) is 14.4. The summed E-state index contributed by atoms with van der Waals surface area (Å²) in [6.45, 7) is 7.25. The van der Waals surface area contributed by atoms with Gasteiger partial charge in [0.1, 0.15) is 0 Å². The Morgan fingerprint density at radius 3 is 2.79 bits per heavy atom. The fourth-order valence-electron chi connectivity index (χ4n) is 2.57. The Bertz CT molecular complexity index is 465. The van der Waals surface area contributed by atoms with Crippen LogP contribution in [0.15, 0.2) is 18.2 Å². The van der Waals surface area contributed by atoms with Gasteiger partial charge >= 0.3 is 0 Å². The van der Waals surface area contributed by atoms with Crippen LogP contribution in [0.5, 0.6) is 0 Å². The molecule has 1 fully saturated rings. The van der Waals surface area contributed by atoms with Crippen molar-refractivity contribution in [3.8, 4) is 0 Å². The molecule has 0 aromatic heterocycles. The summed E-state index contributed by atoms with van der Waals surface area (Å²) in [5.41, 5.74) is 1.61. The van der Waals surface area contributed by atoms with Gasteiger partial charge in [0.2, 0.25) is 0 Å². The highest BCUT2D eigenvalue weighted by Gasteiger charge is 2.28. The number of hydrogen-bond acceptors (Lipinski definition) is 2. The third-order valence-electron chi connectivity index (χ3n) is 3.95. The number of halogens is 1. The second kappa shape index (κ2) is 5.93. The molecule has 0 saturated carbocycles. The van der Waals surface area contributed by atoms with Gasteiger partial charge in [-0.15, -0.1) is 0 Å². The summed E-state index contributed by atoms with van der Waals surface area (Å²) in [5.74, 6) is 0.440. The number of carbonyl (C=O) groups is 1. The van der Waals surface area contributed by atoms with Crippen LogP contribution in [-0.2, 0) is 0 Å². The van der Waals surface area contributed by atoms with Gasteiger partial charge in [-0.25, -0.2) is 0 Å². The minimum absolute atomic E-state index is 0.0469. The summed E-state index contributed by atoms with van der Waals surface area (Å²) in [5, 5.41) is 7.16. The molecule has 0 spiro atoms. The van der Waals surface area contributed by atoms with E-state index in [-0.39, 0.29) is 11.9 Å². The molecule has 104 valence electrons. The van der Waals surface area contributed by atoms with Crippen molar-refractivity contribution < 1.29 is 4.79 Å². The van der Waals surface area contributed by atoms with Crippen LogP contribution in [-0.4, -0.2) is 24.5 Å². The highest BCUT2D eigenvalue weighted by molar-refractivity contribution is 6.31. The lowest BCUT2D eigenvalue weighted by Crippen LogP contribution is -2.55. The Hall–Kier alpha value is -1.06. The van der Waals surface area contributed by atoms with E-state index in [0.717, 1.165) is 18.5 Å². The minimum atomic E-state index is -0.0469. The van der Waals surface area contributed by atoms with Gasteiger partial charge in [-0.2, -0.15) is 0 Å². The van der Waals surface area contributed by atoms with Crippen LogP contribution >= 0.6 is 11.6 Å². The molecule has 19 heavy (non-hydrogen) atoms. The van der Waals surface area contributed by atoms with E-state index in [1.165, 1.54) is 0 Å². The number of rotatable bonds is 2. The van der Waals surface area contributed by atoms with Crippen molar-refractivity contribution in [1.29, 1.82) is 0 Å². The molecule has 0 radical (unpaired) electrons. The number of aryl methyl sites for hydroxylation is 1. The average molecular weight is 281 g/mol. The predicted octanol–water partition coefficient (Wildman–Crippen LogP) is 2.76. The summed E-state index contributed by atoms with van der Waals surface area (Å²) in [6, 6.07) is 5.90. The first-order valence-electron chi connectivity index (χ1n) is 6.79. The maximum Gasteiger partial charge on any atom is 0.251 e. The van der Waals surface area contributed by atoms with E-state index < -0.39 is 0 Å². The van der Waals surface area contributed by atoms with Crippen LogP contribution in [0.3, 0.4) is 0 Å². The molecule has 3 atom stereocenters. The topological polar surface area (TPSA) is 41.1 Å². The van der Waals surface area contributed by atoms with Crippen LogP contribution in [0, 0.1) is 12.8 Å². The quantitative estimate of drug-likeness (QED) is 0.875. The van der Waals surface area contributed by atoms with Gasteiger partial charge in [-0.1, -0.05) is 24.6 Å². The van der Waals surface area contributed by atoms with E-state index >= 15 is 0 Å². The normalized spacial score (nSPS) is 27.1. The zero-order valence-electron chi connectivity index (χ0n) is 11.7. The largest absolute Gasteiger partial charge is 0.347 e. The third kappa shape index (κ3) is 3.28. The smallest absolute Gasteiger partial charge is 0.251 e. The van der Waals surface area contributed by atoms with Crippen molar-refractivity contribution in [2.24, 2.45) is 5.92 Å². The van der Waals surface area contributed by atoms with Crippen LogP contribution in [0.4, 0.5) is 0 Å². The zero-order chi connectivity index (χ0) is 14.0. The van der Waals surface area contributed by atoms with Crippen molar-refractivity contribution in [2.75, 3.05) is 6.54 Å². The molecule has 1 aliphatic heterocycles. The number of hydrogen-bond donors (Lipinski definition) is 2. The first-order chi connectivity index (χ1) is 8.99. The van der Waals surface area contributed by atoms with Gasteiger partial charge in [0.05, 0.1) is 0 Å². The van der Waals surface area contributed by atoms with Gasteiger partial charge in [0, 0.05) is 22.7 Å². The van der Waals surface area contributed by atoms with E-state index in [1.54, 1.807) is 6.07 Å². The van der Waals surface area contributed by atoms with Gasteiger partial charge in [0.15, 0.2) is 0 Å². The number of amides is 1. The summed E-state index contributed by atoms with van der Waals surface area (Å²) in [7, 11) is 0. The highest BCUT2D eigenvalue weighted by atomic mass is 35.5. The molecule has 2 rings (SSSR count). The predicted molar refractivity (Wildman–Crippen MR) is 78.7 cm³/mol. The molecule has 1 amide bonds. The van der Waals surface area contributed by atoms with Crippen LogP contribution in [0.25, 0.3) is 0 Å². The SMILES string of the molecule is Cc1ccc(C(=O)NC2C(C)CCNC2C)cc1Cl. The molecule has 0 aliphatic carbocycles. The van der Waals surface area contributed by atoms with Crippen LogP contribution in [0.2, 0.25) is 5.02 Å².